The molecule has 1 aliphatic heterocycles. The van der Waals surface area contributed by atoms with Crippen molar-refractivity contribution < 1.29 is 19.5 Å². The van der Waals surface area contributed by atoms with Gasteiger partial charge in [0, 0.05) is 12.2 Å². The van der Waals surface area contributed by atoms with Gasteiger partial charge in [-0.3, -0.25) is 0 Å². The first-order valence-corrected chi connectivity index (χ1v) is 9.58. The maximum atomic E-state index is 6.05. The molecule has 2 N–H and O–H groups in total. The molecule has 1 heterocycles. The molecule has 0 unspecified atom stereocenters. The van der Waals surface area contributed by atoms with E-state index in [1.165, 1.54) is 18.4 Å². The maximum Gasteiger partial charge on any atom is 0.161 e. The molecule has 1 atom stereocenters. The third-order valence-electron chi connectivity index (χ3n) is 4.44. The summed E-state index contributed by atoms with van der Waals surface area (Å²) in [6, 6.07) is 11.5. The van der Waals surface area contributed by atoms with E-state index in [9.17, 15) is 0 Å². The molecule has 140 valence electrons. The van der Waals surface area contributed by atoms with Crippen molar-refractivity contribution in [2.45, 2.75) is 32.1 Å². The average molecular weight is 397 g/mol. The zero-order valence-electron chi connectivity index (χ0n) is 14.8. The Kier molecular flexibility index (Phi) is 7.03. The van der Waals surface area contributed by atoms with Crippen LogP contribution in [0.4, 0.5) is 0 Å². The van der Waals surface area contributed by atoms with Gasteiger partial charge in [0.2, 0.25) is 0 Å². The lowest BCUT2D eigenvalue weighted by Gasteiger charge is -2.13. The van der Waals surface area contributed by atoms with Crippen molar-refractivity contribution in [2.75, 3.05) is 20.3 Å². The first-order valence-electron chi connectivity index (χ1n) is 8.82. The van der Waals surface area contributed by atoms with E-state index in [1.54, 1.807) is 13.2 Å². The van der Waals surface area contributed by atoms with Crippen LogP contribution in [0.3, 0.4) is 0 Å². The van der Waals surface area contributed by atoms with Crippen molar-refractivity contribution >= 4 is 23.2 Å². The lowest BCUT2D eigenvalue weighted by atomic mass is 10.2. The van der Waals surface area contributed by atoms with Gasteiger partial charge >= 0.3 is 0 Å². The predicted molar refractivity (Wildman–Crippen MR) is 103 cm³/mol. The van der Waals surface area contributed by atoms with Gasteiger partial charge in [-0.15, -0.1) is 0 Å². The van der Waals surface area contributed by atoms with Crippen molar-refractivity contribution in [3.05, 3.63) is 57.6 Å². The molecule has 0 spiro atoms. The second-order valence-corrected chi connectivity index (χ2v) is 7.20. The molecule has 0 amide bonds. The number of methoxy groups -OCH3 is 1. The normalized spacial score (nSPS) is 16.7. The van der Waals surface area contributed by atoms with Crippen LogP contribution in [0.15, 0.2) is 36.4 Å². The summed E-state index contributed by atoms with van der Waals surface area (Å²) < 4.78 is 17.0. The Labute approximate surface area is 164 Å². The molecular weight excluding hydrogens is 373 g/mol. The first-order chi connectivity index (χ1) is 12.7. The lowest BCUT2D eigenvalue weighted by molar-refractivity contribution is -0.676. The zero-order chi connectivity index (χ0) is 18.4. The smallest absolute Gasteiger partial charge is 0.161 e. The van der Waals surface area contributed by atoms with Crippen LogP contribution in [0.25, 0.3) is 0 Å². The number of nitrogens with two attached hydrogens (primary N) is 1. The Morgan fingerprint density at radius 2 is 1.92 bits per heavy atom. The molecule has 0 radical (unpaired) electrons. The van der Waals surface area contributed by atoms with Gasteiger partial charge < -0.3 is 19.5 Å². The van der Waals surface area contributed by atoms with Crippen molar-refractivity contribution in [1.29, 1.82) is 0 Å². The number of halogens is 2. The van der Waals surface area contributed by atoms with Gasteiger partial charge in [-0.2, -0.15) is 0 Å². The summed E-state index contributed by atoms with van der Waals surface area (Å²) in [5.74, 6) is 1.44. The Bertz CT molecular complexity index is 733. The van der Waals surface area contributed by atoms with E-state index < -0.39 is 0 Å². The summed E-state index contributed by atoms with van der Waals surface area (Å²) in [7, 11) is 1.65. The van der Waals surface area contributed by atoms with E-state index >= 15 is 0 Å². The van der Waals surface area contributed by atoms with Gasteiger partial charge in [-0.1, -0.05) is 29.3 Å². The standard InChI is InChI=1S/C20H23Cl2NO3/c1-24-20-10-14(11-23-12-16-3-2-8-25-16)5-7-19(20)26-13-15-4-6-17(21)18(22)9-15/h4-7,9-10,16,23H,2-3,8,11-13H2,1H3/p+1/t16-/m1/s1. The minimum Gasteiger partial charge on any atom is -0.493 e. The van der Waals surface area contributed by atoms with E-state index in [-0.39, 0.29) is 0 Å². The van der Waals surface area contributed by atoms with Crippen LogP contribution >= 0.6 is 23.2 Å². The highest BCUT2D eigenvalue weighted by molar-refractivity contribution is 6.42. The van der Waals surface area contributed by atoms with Gasteiger partial charge in [0.1, 0.15) is 25.8 Å². The summed E-state index contributed by atoms with van der Waals surface area (Å²) >= 11 is 12.0. The molecule has 1 saturated heterocycles. The Morgan fingerprint density at radius 1 is 1.08 bits per heavy atom. The van der Waals surface area contributed by atoms with Crippen molar-refractivity contribution in [3.8, 4) is 11.5 Å². The highest BCUT2D eigenvalue weighted by Gasteiger charge is 2.17. The fourth-order valence-electron chi connectivity index (χ4n) is 3.01. The number of hydrogen-bond donors (Lipinski definition) is 1. The number of hydrogen-bond acceptors (Lipinski definition) is 3. The van der Waals surface area contributed by atoms with Crippen LogP contribution in [0, 0.1) is 0 Å². The molecule has 4 nitrogen and oxygen atoms in total. The largest absolute Gasteiger partial charge is 0.493 e. The summed E-state index contributed by atoms with van der Waals surface area (Å²) in [6.45, 7) is 3.19. The summed E-state index contributed by atoms with van der Waals surface area (Å²) in [6.07, 6.45) is 2.74. The predicted octanol–water partition coefficient (Wildman–Crippen LogP) is 3.82. The lowest BCUT2D eigenvalue weighted by Crippen LogP contribution is -2.84. The maximum absolute atomic E-state index is 6.05. The van der Waals surface area contributed by atoms with Gasteiger partial charge in [-0.25, -0.2) is 0 Å². The third kappa shape index (κ3) is 5.27. The van der Waals surface area contributed by atoms with Crippen molar-refractivity contribution in [2.24, 2.45) is 0 Å². The molecule has 0 aromatic heterocycles. The second kappa shape index (κ2) is 9.47. The summed E-state index contributed by atoms with van der Waals surface area (Å²) in [5.41, 5.74) is 2.15. The van der Waals surface area contributed by atoms with E-state index in [1.807, 2.05) is 24.3 Å². The fraction of sp³-hybridized carbons (Fsp3) is 0.400. The minimum atomic E-state index is 0.394. The minimum absolute atomic E-state index is 0.394. The van der Waals surface area contributed by atoms with Gasteiger partial charge in [0.25, 0.3) is 0 Å². The van der Waals surface area contributed by atoms with Crippen LogP contribution < -0.4 is 14.8 Å². The van der Waals surface area contributed by atoms with Gasteiger partial charge in [0.15, 0.2) is 11.5 Å². The van der Waals surface area contributed by atoms with E-state index in [0.717, 1.165) is 31.0 Å². The number of quaternary nitrogens is 1. The molecule has 0 bridgehead atoms. The number of rotatable bonds is 8. The first kappa shape index (κ1) is 19.3. The van der Waals surface area contributed by atoms with E-state index in [0.29, 0.717) is 28.5 Å². The van der Waals surface area contributed by atoms with Crippen LogP contribution in [0.5, 0.6) is 11.5 Å². The molecular formula is C20H24Cl2NO3+. The highest BCUT2D eigenvalue weighted by Crippen LogP contribution is 2.29. The number of benzene rings is 2. The number of ether oxygens (including phenoxy) is 3. The van der Waals surface area contributed by atoms with Gasteiger partial charge in [-0.05, 0) is 48.7 Å². The van der Waals surface area contributed by atoms with Crippen LogP contribution in [0.1, 0.15) is 24.0 Å². The molecule has 0 saturated carbocycles. The molecule has 1 fully saturated rings. The zero-order valence-corrected chi connectivity index (χ0v) is 16.4. The molecule has 0 aliphatic carbocycles. The van der Waals surface area contributed by atoms with Gasteiger partial charge in [0.05, 0.1) is 17.2 Å². The molecule has 2 aromatic rings. The monoisotopic (exact) mass is 396 g/mol. The third-order valence-corrected chi connectivity index (χ3v) is 5.18. The molecule has 2 aromatic carbocycles. The van der Waals surface area contributed by atoms with Crippen molar-refractivity contribution in [1.82, 2.24) is 0 Å². The van der Waals surface area contributed by atoms with Crippen molar-refractivity contribution in [3.63, 3.8) is 0 Å². The van der Waals surface area contributed by atoms with Crippen LogP contribution in [-0.4, -0.2) is 26.4 Å². The Morgan fingerprint density at radius 3 is 2.65 bits per heavy atom. The van der Waals surface area contributed by atoms with Crippen LogP contribution in [0.2, 0.25) is 10.0 Å². The Balaban J connectivity index is 1.56. The topological polar surface area (TPSA) is 44.3 Å². The fourth-order valence-corrected chi connectivity index (χ4v) is 3.34. The quantitative estimate of drug-likeness (QED) is 0.737. The summed E-state index contributed by atoms with van der Waals surface area (Å²) in [4.78, 5) is 0. The summed E-state index contributed by atoms with van der Waals surface area (Å²) in [5, 5.41) is 3.34. The molecule has 6 heteroatoms. The molecule has 1 aliphatic rings. The average Bonchev–Trinajstić information content (AvgIpc) is 3.16. The second-order valence-electron chi connectivity index (χ2n) is 6.39. The van der Waals surface area contributed by atoms with Crippen LogP contribution in [-0.2, 0) is 17.9 Å². The van der Waals surface area contributed by atoms with E-state index in [2.05, 4.69) is 11.4 Å². The molecule has 3 rings (SSSR count). The van der Waals surface area contributed by atoms with E-state index in [4.69, 9.17) is 37.4 Å². The highest BCUT2D eigenvalue weighted by atomic mass is 35.5. The Hall–Kier alpha value is -1.46. The molecule has 26 heavy (non-hydrogen) atoms. The SMILES string of the molecule is COc1cc(C[NH2+]C[C@H]2CCCO2)ccc1OCc1ccc(Cl)c(Cl)c1.